The van der Waals surface area contributed by atoms with E-state index in [4.69, 9.17) is 18.6 Å². The van der Waals surface area contributed by atoms with Gasteiger partial charge in [0.15, 0.2) is 16.9 Å². The summed E-state index contributed by atoms with van der Waals surface area (Å²) in [5.74, 6) is 1.43. The second kappa shape index (κ2) is 6.16. The lowest BCUT2D eigenvalue weighted by atomic mass is 10.0. The molecule has 0 N–H and O–H groups in total. The smallest absolute Gasteiger partial charge is 0.314 e. The maximum absolute atomic E-state index is 12.9. The minimum absolute atomic E-state index is 0.00490. The van der Waals surface area contributed by atoms with Gasteiger partial charge in [-0.25, -0.2) is 0 Å². The SMILES string of the molecule is O=C(Oc1ccc2c(=O)c(-c3ccc4c(c3)OCCO4)coc2c1)C1CC1. The van der Waals surface area contributed by atoms with E-state index in [1.54, 1.807) is 36.4 Å². The van der Waals surface area contributed by atoms with Crippen LogP contribution in [-0.2, 0) is 4.79 Å². The van der Waals surface area contributed by atoms with Crippen molar-refractivity contribution in [2.75, 3.05) is 13.2 Å². The first kappa shape index (κ1) is 15.9. The predicted octanol–water partition coefficient (Wildman–Crippen LogP) is 3.55. The van der Waals surface area contributed by atoms with Crippen LogP contribution in [0.5, 0.6) is 17.2 Å². The van der Waals surface area contributed by atoms with E-state index in [0.29, 0.717) is 52.6 Å². The highest BCUT2D eigenvalue weighted by molar-refractivity contribution is 5.84. The van der Waals surface area contributed by atoms with E-state index in [1.807, 2.05) is 0 Å². The zero-order valence-electron chi connectivity index (χ0n) is 14.4. The summed E-state index contributed by atoms with van der Waals surface area (Å²) >= 11 is 0. The summed E-state index contributed by atoms with van der Waals surface area (Å²) in [7, 11) is 0. The van der Waals surface area contributed by atoms with E-state index in [-0.39, 0.29) is 17.3 Å². The molecule has 0 bridgehead atoms. The fraction of sp³-hybridized carbons (Fsp3) is 0.238. The Morgan fingerprint density at radius 1 is 1.00 bits per heavy atom. The molecule has 3 aromatic rings. The van der Waals surface area contributed by atoms with Gasteiger partial charge in [0.1, 0.15) is 30.8 Å². The van der Waals surface area contributed by atoms with E-state index < -0.39 is 0 Å². The van der Waals surface area contributed by atoms with Gasteiger partial charge in [-0.15, -0.1) is 0 Å². The molecule has 0 atom stereocenters. The van der Waals surface area contributed by atoms with Crippen molar-refractivity contribution in [3.05, 3.63) is 52.9 Å². The lowest BCUT2D eigenvalue weighted by Crippen LogP contribution is -2.15. The summed E-state index contributed by atoms with van der Waals surface area (Å²) in [6.07, 6.45) is 3.17. The van der Waals surface area contributed by atoms with Crippen molar-refractivity contribution in [1.82, 2.24) is 0 Å². The average molecular weight is 364 g/mol. The molecular weight excluding hydrogens is 348 g/mol. The Labute approximate surface area is 154 Å². The largest absolute Gasteiger partial charge is 0.486 e. The Morgan fingerprint density at radius 3 is 2.63 bits per heavy atom. The lowest BCUT2D eigenvalue weighted by Gasteiger charge is -2.18. The minimum Gasteiger partial charge on any atom is -0.486 e. The van der Waals surface area contributed by atoms with Gasteiger partial charge in [-0.05, 0) is 42.7 Å². The number of hydrogen-bond acceptors (Lipinski definition) is 6. The monoisotopic (exact) mass is 364 g/mol. The van der Waals surface area contributed by atoms with Crippen LogP contribution in [0.4, 0.5) is 0 Å². The van der Waals surface area contributed by atoms with Crippen molar-refractivity contribution in [2.45, 2.75) is 12.8 Å². The second-order valence-corrected chi connectivity index (χ2v) is 6.69. The van der Waals surface area contributed by atoms with Crippen LogP contribution in [-0.4, -0.2) is 19.2 Å². The highest BCUT2D eigenvalue weighted by Crippen LogP contribution is 2.34. The van der Waals surface area contributed by atoms with Crippen molar-refractivity contribution < 1.29 is 23.4 Å². The van der Waals surface area contributed by atoms with Gasteiger partial charge in [0.25, 0.3) is 0 Å². The van der Waals surface area contributed by atoms with Crippen LogP contribution >= 0.6 is 0 Å². The molecule has 6 nitrogen and oxygen atoms in total. The standard InChI is InChI=1S/C21H16O6/c22-20-15-5-4-14(27-21(23)12-1-2-12)10-18(15)26-11-16(20)13-3-6-17-19(9-13)25-8-7-24-17/h3-6,9-12H,1-2,7-8H2. The third kappa shape index (κ3) is 2.93. The number of carbonyl (C=O) groups is 1. The third-order valence-electron chi connectivity index (χ3n) is 4.73. The van der Waals surface area contributed by atoms with Crippen LogP contribution in [0, 0.1) is 5.92 Å². The van der Waals surface area contributed by atoms with E-state index in [1.165, 1.54) is 6.26 Å². The molecule has 1 aromatic heterocycles. The Balaban J connectivity index is 1.51. The number of fused-ring (bicyclic) bond motifs is 2. The summed E-state index contributed by atoms with van der Waals surface area (Å²) < 4.78 is 22.1. The van der Waals surface area contributed by atoms with Crippen LogP contribution in [0.3, 0.4) is 0 Å². The van der Waals surface area contributed by atoms with Crippen molar-refractivity contribution in [3.63, 3.8) is 0 Å². The third-order valence-corrected chi connectivity index (χ3v) is 4.73. The first-order chi connectivity index (χ1) is 13.2. The molecule has 6 heteroatoms. The Morgan fingerprint density at radius 2 is 1.81 bits per heavy atom. The van der Waals surface area contributed by atoms with Crippen LogP contribution in [0.2, 0.25) is 0 Å². The topological polar surface area (TPSA) is 75.0 Å². The molecule has 5 rings (SSSR count). The molecule has 1 fully saturated rings. The first-order valence-electron chi connectivity index (χ1n) is 8.86. The minimum atomic E-state index is -0.232. The Hall–Kier alpha value is -3.28. The fourth-order valence-corrected chi connectivity index (χ4v) is 3.10. The van der Waals surface area contributed by atoms with Crippen LogP contribution in [0.1, 0.15) is 12.8 Å². The molecule has 2 heterocycles. The molecule has 1 aliphatic heterocycles. The average Bonchev–Trinajstić information content (AvgIpc) is 3.53. The molecule has 0 amide bonds. The second-order valence-electron chi connectivity index (χ2n) is 6.69. The molecule has 2 aliphatic rings. The zero-order chi connectivity index (χ0) is 18.4. The summed E-state index contributed by atoms with van der Waals surface area (Å²) in [4.78, 5) is 24.7. The molecule has 0 saturated heterocycles. The van der Waals surface area contributed by atoms with Crippen LogP contribution in [0.25, 0.3) is 22.1 Å². The van der Waals surface area contributed by atoms with E-state index >= 15 is 0 Å². The van der Waals surface area contributed by atoms with Gasteiger partial charge in [0.05, 0.1) is 16.9 Å². The number of benzene rings is 2. The van der Waals surface area contributed by atoms with Crippen molar-refractivity contribution in [2.24, 2.45) is 5.92 Å². The van der Waals surface area contributed by atoms with Crippen LogP contribution in [0.15, 0.2) is 51.9 Å². The maximum Gasteiger partial charge on any atom is 0.314 e. The Kier molecular flexibility index (Phi) is 3.63. The first-order valence-corrected chi connectivity index (χ1v) is 8.86. The van der Waals surface area contributed by atoms with Gasteiger partial charge in [-0.3, -0.25) is 9.59 Å². The molecule has 27 heavy (non-hydrogen) atoms. The maximum atomic E-state index is 12.9. The van der Waals surface area contributed by atoms with Gasteiger partial charge in [0, 0.05) is 6.07 Å². The summed E-state index contributed by atoms with van der Waals surface area (Å²) in [5, 5.41) is 0.425. The molecular formula is C21H16O6. The number of rotatable bonds is 3. The van der Waals surface area contributed by atoms with Gasteiger partial charge in [0.2, 0.25) is 0 Å². The lowest BCUT2D eigenvalue weighted by molar-refractivity contribution is -0.135. The molecule has 1 aliphatic carbocycles. The van der Waals surface area contributed by atoms with Gasteiger partial charge < -0.3 is 18.6 Å². The fourth-order valence-electron chi connectivity index (χ4n) is 3.10. The predicted molar refractivity (Wildman–Crippen MR) is 97.3 cm³/mol. The molecule has 2 aromatic carbocycles. The summed E-state index contributed by atoms with van der Waals surface area (Å²) in [5.41, 5.74) is 1.34. The molecule has 0 spiro atoms. The van der Waals surface area contributed by atoms with Crippen LogP contribution < -0.4 is 19.6 Å². The van der Waals surface area contributed by atoms with Gasteiger partial charge in [-0.1, -0.05) is 6.07 Å². The van der Waals surface area contributed by atoms with Gasteiger partial charge >= 0.3 is 5.97 Å². The normalized spacial score (nSPS) is 15.6. The molecule has 136 valence electrons. The number of hydrogen-bond donors (Lipinski definition) is 0. The number of carbonyl (C=O) groups excluding carboxylic acids is 1. The number of esters is 1. The quantitative estimate of drug-likeness (QED) is 0.523. The zero-order valence-corrected chi connectivity index (χ0v) is 14.4. The van der Waals surface area contributed by atoms with Crippen molar-refractivity contribution >= 4 is 16.9 Å². The molecule has 0 unspecified atom stereocenters. The van der Waals surface area contributed by atoms with E-state index in [2.05, 4.69) is 0 Å². The number of ether oxygens (including phenoxy) is 3. The van der Waals surface area contributed by atoms with Gasteiger partial charge in [-0.2, -0.15) is 0 Å². The molecule has 1 saturated carbocycles. The Bertz CT molecular complexity index is 1110. The summed E-state index contributed by atoms with van der Waals surface area (Å²) in [6.45, 7) is 0.989. The van der Waals surface area contributed by atoms with E-state index in [0.717, 1.165) is 12.8 Å². The molecule has 0 radical (unpaired) electrons. The van der Waals surface area contributed by atoms with E-state index in [9.17, 15) is 9.59 Å². The summed E-state index contributed by atoms with van der Waals surface area (Å²) in [6, 6.07) is 10.2. The van der Waals surface area contributed by atoms with Crippen molar-refractivity contribution in [1.29, 1.82) is 0 Å². The highest BCUT2D eigenvalue weighted by Gasteiger charge is 2.31. The van der Waals surface area contributed by atoms with Crippen molar-refractivity contribution in [3.8, 4) is 28.4 Å². The highest BCUT2D eigenvalue weighted by atomic mass is 16.6.